The van der Waals surface area contributed by atoms with Crippen LogP contribution in [0.4, 0.5) is 5.69 Å². The molecule has 0 spiro atoms. The molecule has 0 bridgehead atoms. The molecule has 1 atom stereocenters. The summed E-state index contributed by atoms with van der Waals surface area (Å²) in [4.78, 5) is 12.2. The van der Waals surface area contributed by atoms with Crippen LogP contribution in [0.15, 0.2) is 36.1 Å². The van der Waals surface area contributed by atoms with E-state index >= 15 is 0 Å². The van der Waals surface area contributed by atoms with E-state index in [0.717, 1.165) is 24.3 Å². The van der Waals surface area contributed by atoms with Crippen LogP contribution in [0.3, 0.4) is 0 Å². The third kappa shape index (κ3) is 2.06. The Kier molecular flexibility index (Phi) is 2.92. The minimum absolute atomic E-state index is 0.0725. The van der Waals surface area contributed by atoms with Gasteiger partial charge in [0.15, 0.2) is 11.9 Å². The number of carbonyl (C=O) groups excluding carboxylic acids is 1. The Morgan fingerprint density at radius 1 is 1.33 bits per heavy atom. The third-order valence-electron chi connectivity index (χ3n) is 3.11. The minimum atomic E-state index is -0.496. The Labute approximate surface area is 106 Å². The van der Waals surface area contributed by atoms with E-state index < -0.39 is 6.10 Å². The number of ether oxygens (including phenoxy) is 2. The van der Waals surface area contributed by atoms with Crippen LogP contribution in [0.25, 0.3) is 0 Å². The molecule has 0 radical (unpaired) electrons. The number of para-hydroxylation sites is 2. The zero-order valence-corrected chi connectivity index (χ0v) is 10.0. The third-order valence-corrected chi connectivity index (χ3v) is 3.11. The van der Waals surface area contributed by atoms with E-state index in [0.29, 0.717) is 18.9 Å². The van der Waals surface area contributed by atoms with Crippen molar-refractivity contribution in [3.05, 3.63) is 36.1 Å². The summed E-state index contributed by atoms with van der Waals surface area (Å²) in [6, 6.07) is 7.62. The summed E-state index contributed by atoms with van der Waals surface area (Å²) >= 11 is 0. The Balaban J connectivity index is 1.75. The van der Waals surface area contributed by atoms with E-state index in [1.807, 2.05) is 30.3 Å². The molecule has 4 heteroatoms. The molecule has 4 nitrogen and oxygen atoms in total. The SMILES string of the molecule is O=C(C1=CCCCO1)C1CNc2ccccc2O1. The molecule has 1 aromatic rings. The highest BCUT2D eigenvalue weighted by Crippen LogP contribution is 2.29. The molecule has 1 N–H and O–H groups in total. The van der Waals surface area contributed by atoms with E-state index in [4.69, 9.17) is 9.47 Å². The van der Waals surface area contributed by atoms with Crippen molar-refractivity contribution < 1.29 is 14.3 Å². The number of ketones is 1. The summed E-state index contributed by atoms with van der Waals surface area (Å²) < 4.78 is 11.1. The van der Waals surface area contributed by atoms with Gasteiger partial charge >= 0.3 is 0 Å². The molecule has 2 aliphatic heterocycles. The maximum Gasteiger partial charge on any atom is 0.239 e. The summed E-state index contributed by atoms with van der Waals surface area (Å²) in [5.41, 5.74) is 0.931. The molecule has 0 aromatic heterocycles. The van der Waals surface area contributed by atoms with Gasteiger partial charge in [0.2, 0.25) is 5.78 Å². The number of carbonyl (C=O) groups is 1. The number of hydrogen-bond acceptors (Lipinski definition) is 4. The summed E-state index contributed by atoms with van der Waals surface area (Å²) in [5.74, 6) is 1.10. The van der Waals surface area contributed by atoms with Crippen LogP contribution >= 0.6 is 0 Å². The fraction of sp³-hybridized carbons (Fsp3) is 0.357. The summed E-state index contributed by atoms with van der Waals surface area (Å²) in [5, 5.41) is 3.20. The second kappa shape index (κ2) is 4.72. The second-order valence-corrected chi connectivity index (χ2v) is 4.41. The van der Waals surface area contributed by atoms with Crippen molar-refractivity contribution in [1.29, 1.82) is 0 Å². The van der Waals surface area contributed by atoms with Crippen LogP contribution in [-0.4, -0.2) is 25.0 Å². The van der Waals surface area contributed by atoms with E-state index in [9.17, 15) is 4.79 Å². The lowest BCUT2D eigenvalue weighted by Crippen LogP contribution is -2.39. The smallest absolute Gasteiger partial charge is 0.239 e. The summed E-state index contributed by atoms with van der Waals surface area (Å²) in [6.07, 6.45) is 3.24. The highest BCUT2D eigenvalue weighted by atomic mass is 16.5. The molecule has 1 unspecified atom stereocenters. The lowest BCUT2D eigenvalue weighted by molar-refractivity contribution is -0.125. The van der Waals surface area contributed by atoms with Gasteiger partial charge in [-0.05, 0) is 31.1 Å². The first-order valence-corrected chi connectivity index (χ1v) is 6.21. The monoisotopic (exact) mass is 245 g/mol. The normalized spacial score (nSPS) is 21.8. The lowest BCUT2D eigenvalue weighted by Gasteiger charge is -2.27. The average Bonchev–Trinajstić information content (AvgIpc) is 2.47. The fourth-order valence-corrected chi connectivity index (χ4v) is 2.15. The Hall–Kier alpha value is -1.97. The predicted molar refractivity (Wildman–Crippen MR) is 67.6 cm³/mol. The maximum atomic E-state index is 12.2. The Morgan fingerprint density at radius 3 is 3.06 bits per heavy atom. The lowest BCUT2D eigenvalue weighted by atomic mass is 10.1. The van der Waals surface area contributed by atoms with E-state index in [1.165, 1.54) is 0 Å². The first kappa shape index (κ1) is 11.1. The largest absolute Gasteiger partial charge is 0.490 e. The Bertz CT molecular complexity index is 496. The zero-order chi connectivity index (χ0) is 12.4. The van der Waals surface area contributed by atoms with Gasteiger partial charge in [-0.15, -0.1) is 0 Å². The van der Waals surface area contributed by atoms with E-state index in [-0.39, 0.29) is 5.78 Å². The fourth-order valence-electron chi connectivity index (χ4n) is 2.15. The molecule has 3 rings (SSSR count). The second-order valence-electron chi connectivity index (χ2n) is 4.41. The van der Waals surface area contributed by atoms with Gasteiger partial charge in [0.05, 0.1) is 18.8 Å². The van der Waals surface area contributed by atoms with Crippen molar-refractivity contribution in [3.8, 4) is 5.75 Å². The van der Waals surface area contributed by atoms with Gasteiger partial charge in [-0.25, -0.2) is 0 Å². The van der Waals surface area contributed by atoms with Crippen LogP contribution in [-0.2, 0) is 9.53 Å². The molecular formula is C14H15NO3. The number of benzene rings is 1. The number of anilines is 1. The molecule has 2 heterocycles. The molecular weight excluding hydrogens is 230 g/mol. The molecule has 0 saturated carbocycles. The van der Waals surface area contributed by atoms with Crippen molar-refractivity contribution in [2.45, 2.75) is 18.9 Å². The topological polar surface area (TPSA) is 47.6 Å². The number of rotatable bonds is 2. The minimum Gasteiger partial charge on any atom is -0.490 e. The van der Waals surface area contributed by atoms with Gasteiger partial charge < -0.3 is 14.8 Å². The predicted octanol–water partition coefficient (Wildman–Crippen LogP) is 2.12. The number of nitrogens with one attached hydrogen (secondary N) is 1. The van der Waals surface area contributed by atoms with Crippen LogP contribution < -0.4 is 10.1 Å². The van der Waals surface area contributed by atoms with Crippen molar-refractivity contribution in [1.82, 2.24) is 0 Å². The molecule has 0 amide bonds. The molecule has 0 saturated heterocycles. The van der Waals surface area contributed by atoms with Gasteiger partial charge in [0.25, 0.3) is 0 Å². The van der Waals surface area contributed by atoms with Gasteiger partial charge in [-0.1, -0.05) is 12.1 Å². The molecule has 18 heavy (non-hydrogen) atoms. The summed E-state index contributed by atoms with van der Waals surface area (Å²) in [7, 11) is 0. The van der Waals surface area contributed by atoms with Crippen LogP contribution in [0, 0.1) is 0 Å². The maximum absolute atomic E-state index is 12.2. The first-order chi connectivity index (χ1) is 8.84. The van der Waals surface area contributed by atoms with Gasteiger partial charge in [-0.3, -0.25) is 4.79 Å². The van der Waals surface area contributed by atoms with Crippen LogP contribution in [0.1, 0.15) is 12.8 Å². The highest BCUT2D eigenvalue weighted by Gasteiger charge is 2.29. The quantitative estimate of drug-likeness (QED) is 0.867. The zero-order valence-electron chi connectivity index (χ0n) is 10.0. The van der Waals surface area contributed by atoms with Crippen molar-refractivity contribution in [3.63, 3.8) is 0 Å². The number of allylic oxidation sites excluding steroid dienone is 1. The first-order valence-electron chi connectivity index (χ1n) is 6.21. The van der Waals surface area contributed by atoms with Crippen LogP contribution in [0.5, 0.6) is 5.75 Å². The van der Waals surface area contributed by atoms with Crippen molar-refractivity contribution in [2.75, 3.05) is 18.5 Å². The Morgan fingerprint density at radius 2 is 2.22 bits per heavy atom. The van der Waals surface area contributed by atoms with Crippen LogP contribution in [0.2, 0.25) is 0 Å². The highest BCUT2D eigenvalue weighted by molar-refractivity contribution is 5.98. The number of fused-ring (bicyclic) bond motifs is 1. The van der Waals surface area contributed by atoms with Crippen molar-refractivity contribution in [2.24, 2.45) is 0 Å². The van der Waals surface area contributed by atoms with E-state index in [1.54, 1.807) is 0 Å². The molecule has 0 aliphatic carbocycles. The van der Waals surface area contributed by atoms with E-state index in [2.05, 4.69) is 5.32 Å². The molecule has 0 fully saturated rings. The van der Waals surface area contributed by atoms with Gasteiger partial charge in [0, 0.05) is 0 Å². The van der Waals surface area contributed by atoms with Crippen molar-refractivity contribution >= 4 is 11.5 Å². The van der Waals surface area contributed by atoms with Gasteiger partial charge in [0.1, 0.15) is 5.75 Å². The molecule has 94 valence electrons. The molecule has 2 aliphatic rings. The number of Topliss-reactive ketones (excluding diaryl/α,β-unsaturated/α-hetero) is 1. The van der Waals surface area contributed by atoms with Gasteiger partial charge in [-0.2, -0.15) is 0 Å². The number of hydrogen-bond donors (Lipinski definition) is 1. The average molecular weight is 245 g/mol. The standard InChI is InChI=1S/C14H15NO3/c16-14(12-7-3-4-8-17-12)13-9-15-10-5-1-2-6-11(10)18-13/h1-2,5-7,13,15H,3-4,8-9H2. The summed E-state index contributed by atoms with van der Waals surface area (Å²) in [6.45, 7) is 1.10. The molecule has 1 aromatic carbocycles.